The summed E-state index contributed by atoms with van der Waals surface area (Å²) in [5, 5.41) is 8.62. The van der Waals surface area contributed by atoms with Crippen LogP contribution in [0.3, 0.4) is 0 Å². The highest BCUT2D eigenvalue weighted by molar-refractivity contribution is 5.45. The van der Waals surface area contributed by atoms with E-state index in [2.05, 4.69) is 9.47 Å². The molecule has 0 amide bonds. The number of hydrogen-bond donors (Lipinski definition) is 1. The zero-order valence-electron chi connectivity index (χ0n) is 8.58. The largest absolute Gasteiger partial charge is 0.586 e. The molecule has 3 nitrogen and oxygen atoms in total. The molecule has 0 aromatic heterocycles. The minimum atomic E-state index is -3.55. The molecule has 0 bridgehead atoms. The number of benzene rings is 1. The van der Waals surface area contributed by atoms with Gasteiger partial charge in [0.2, 0.25) is 0 Å². The molecule has 0 fully saturated rings. The molecule has 1 heterocycles. The fraction of sp³-hybridized carbons (Fsp3) is 0.455. The molecule has 1 aromatic rings. The smallest absolute Gasteiger partial charge is 0.396 e. The Morgan fingerprint density at radius 2 is 1.88 bits per heavy atom. The molecular weight excluding hydrogens is 218 g/mol. The SMILES string of the molecule is OCCCCc1ccc2c(c1)OC(F)(F)O2. The summed E-state index contributed by atoms with van der Waals surface area (Å²) < 4.78 is 34.0. The van der Waals surface area contributed by atoms with E-state index >= 15 is 0 Å². The Balaban J connectivity index is 2.04. The van der Waals surface area contributed by atoms with Gasteiger partial charge in [0.25, 0.3) is 0 Å². The molecule has 0 saturated carbocycles. The maximum absolute atomic E-state index is 12.7. The van der Waals surface area contributed by atoms with Crippen molar-refractivity contribution in [2.75, 3.05) is 6.61 Å². The summed E-state index contributed by atoms with van der Waals surface area (Å²) in [6.45, 7) is 0.141. The van der Waals surface area contributed by atoms with Crippen LogP contribution in [-0.4, -0.2) is 18.0 Å². The van der Waals surface area contributed by atoms with E-state index in [0.29, 0.717) is 6.42 Å². The van der Waals surface area contributed by atoms with Crippen LogP contribution in [0, 0.1) is 0 Å². The van der Waals surface area contributed by atoms with E-state index < -0.39 is 6.29 Å². The first-order chi connectivity index (χ1) is 7.61. The molecule has 0 radical (unpaired) electrons. The maximum Gasteiger partial charge on any atom is 0.586 e. The third kappa shape index (κ3) is 2.41. The van der Waals surface area contributed by atoms with Crippen molar-refractivity contribution in [2.45, 2.75) is 25.6 Å². The van der Waals surface area contributed by atoms with Gasteiger partial charge in [0, 0.05) is 6.61 Å². The first-order valence-electron chi connectivity index (χ1n) is 5.10. The van der Waals surface area contributed by atoms with Crippen molar-refractivity contribution >= 4 is 0 Å². The van der Waals surface area contributed by atoms with Gasteiger partial charge in [-0.15, -0.1) is 8.78 Å². The molecule has 1 aliphatic heterocycles. The minimum absolute atomic E-state index is 0.0657. The predicted molar refractivity (Wildman–Crippen MR) is 52.7 cm³/mol. The lowest BCUT2D eigenvalue weighted by Crippen LogP contribution is -2.25. The van der Waals surface area contributed by atoms with Gasteiger partial charge in [-0.25, -0.2) is 0 Å². The number of aliphatic hydroxyl groups excluding tert-OH is 1. The lowest BCUT2D eigenvalue weighted by atomic mass is 10.1. The van der Waals surface area contributed by atoms with Crippen LogP contribution < -0.4 is 9.47 Å². The number of aliphatic hydroxyl groups is 1. The fourth-order valence-electron chi connectivity index (χ4n) is 1.59. The summed E-state index contributed by atoms with van der Waals surface area (Å²) >= 11 is 0. The Kier molecular flexibility index (Phi) is 2.96. The Hall–Kier alpha value is -1.36. The van der Waals surface area contributed by atoms with Crippen molar-refractivity contribution in [1.82, 2.24) is 0 Å². The van der Waals surface area contributed by atoms with E-state index in [1.807, 2.05) is 0 Å². The summed E-state index contributed by atoms with van der Waals surface area (Å²) in [4.78, 5) is 0. The molecule has 0 atom stereocenters. The number of alkyl halides is 2. The molecule has 88 valence electrons. The van der Waals surface area contributed by atoms with Gasteiger partial charge in [-0.2, -0.15) is 0 Å². The van der Waals surface area contributed by atoms with Crippen molar-refractivity contribution in [1.29, 1.82) is 0 Å². The summed E-state index contributed by atoms with van der Waals surface area (Å²) in [6.07, 6.45) is -1.31. The van der Waals surface area contributed by atoms with E-state index in [1.54, 1.807) is 12.1 Å². The second-order valence-electron chi connectivity index (χ2n) is 3.63. The first kappa shape index (κ1) is 11.1. The maximum atomic E-state index is 12.7. The van der Waals surface area contributed by atoms with E-state index in [0.717, 1.165) is 18.4 Å². The molecule has 0 unspecified atom stereocenters. The zero-order chi connectivity index (χ0) is 11.6. The zero-order valence-corrected chi connectivity index (χ0v) is 8.58. The van der Waals surface area contributed by atoms with E-state index in [9.17, 15) is 8.78 Å². The Labute approximate surface area is 91.6 Å². The van der Waals surface area contributed by atoms with E-state index in [1.165, 1.54) is 6.07 Å². The van der Waals surface area contributed by atoms with Crippen LogP contribution in [-0.2, 0) is 6.42 Å². The highest BCUT2D eigenvalue weighted by atomic mass is 19.3. The third-order valence-corrected chi connectivity index (χ3v) is 2.34. The third-order valence-electron chi connectivity index (χ3n) is 2.34. The van der Waals surface area contributed by atoms with Gasteiger partial charge in [-0.05, 0) is 37.0 Å². The highest BCUT2D eigenvalue weighted by Crippen LogP contribution is 2.41. The van der Waals surface area contributed by atoms with E-state index in [-0.39, 0.29) is 18.1 Å². The van der Waals surface area contributed by atoms with Crippen molar-refractivity contribution in [3.63, 3.8) is 0 Å². The number of aryl methyl sites for hydroxylation is 1. The molecule has 5 heteroatoms. The van der Waals surface area contributed by atoms with Crippen LogP contribution in [0.2, 0.25) is 0 Å². The van der Waals surface area contributed by atoms with Crippen molar-refractivity contribution in [3.05, 3.63) is 23.8 Å². The molecule has 16 heavy (non-hydrogen) atoms. The highest BCUT2D eigenvalue weighted by Gasteiger charge is 2.43. The Morgan fingerprint density at radius 3 is 2.62 bits per heavy atom. The van der Waals surface area contributed by atoms with Gasteiger partial charge in [-0.3, -0.25) is 0 Å². The van der Waals surface area contributed by atoms with E-state index in [4.69, 9.17) is 5.11 Å². The van der Waals surface area contributed by atoms with Crippen LogP contribution in [0.4, 0.5) is 8.78 Å². The molecule has 0 spiro atoms. The van der Waals surface area contributed by atoms with Crippen molar-refractivity contribution < 1.29 is 23.4 Å². The quantitative estimate of drug-likeness (QED) is 0.807. The average Bonchev–Trinajstić information content (AvgIpc) is 2.51. The number of rotatable bonds is 4. The summed E-state index contributed by atoms with van der Waals surface area (Å²) in [5.74, 6) is 0.141. The van der Waals surface area contributed by atoms with Crippen LogP contribution >= 0.6 is 0 Å². The first-order valence-corrected chi connectivity index (χ1v) is 5.10. The summed E-state index contributed by atoms with van der Waals surface area (Å²) in [6, 6.07) is 4.75. The van der Waals surface area contributed by atoms with Crippen molar-refractivity contribution in [2.24, 2.45) is 0 Å². The van der Waals surface area contributed by atoms with Gasteiger partial charge in [-0.1, -0.05) is 6.07 Å². The Morgan fingerprint density at radius 1 is 1.12 bits per heavy atom. The van der Waals surface area contributed by atoms with Gasteiger partial charge < -0.3 is 14.6 Å². The van der Waals surface area contributed by atoms with Crippen LogP contribution in [0.1, 0.15) is 18.4 Å². The molecule has 1 aliphatic rings. The predicted octanol–water partition coefficient (Wildman–Crippen LogP) is 2.32. The van der Waals surface area contributed by atoms with Crippen LogP contribution in [0.15, 0.2) is 18.2 Å². The molecular formula is C11H12F2O3. The van der Waals surface area contributed by atoms with Gasteiger partial charge in [0.15, 0.2) is 11.5 Å². The van der Waals surface area contributed by atoms with Gasteiger partial charge in [0.05, 0.1) is 0 Å². The second kappa shape index (κ2) is 4.25. The number of halogens is 2. The van der Waals surface area contributed by atoms with Gasteiger partial charge in [0.1, 0.15) is 0 Å². The van der Waals surface area contributed by atoms with Crippen LogP contribution in [0.5, 0.6) is 11.5 Å². The molecule has 0 aliphatic carbocycles. The monoisotopic (exact) mass is 230 g/mol. The molecule has 2 rings (SSSR count). The number of unbranched alkanes of at least 4 members (excludes halogenated alkanes) is 1. The Bertz CT molecular complexity index is 379. The lowest BCUT2D eigenvalue weighted by molar-refractivity contribution is -0.286. The topological polar surface area (TPSA) is 38.7 Å². The van der Waals surface area contributed by atoms with Crippen LogP contribution in [0.25, 0.3) is 0 Å². The fourth-order valence-corrected chi connectivity index (χ4v) is 1.59. The average molecular weight is 230 g/mol. The number of fused-ring (bicyclic) bond motifs is 1. The van der Waals surface area contributed by atoms with Gasteiger partial charge >= 0.3 is 6.29 Å². The summed E-state index contributed by atoms with van der Waals surface area (Å²) in [7, 11) is 0. The second-order valence-corrected chi connectivity index (χ2v) is 3.63. The lowest BCUT2D eigenvalue weighted by Gasteiger charge is -2.04. The minimum Gasteiger partial charge on any atom is -0.396 e. The van der Waals surface area contributed by atoms with Crippen molar-refractivity contribution in [3.8, 4) is 11.5 Å². The number of hydrogen-bond acceptors (Lipinski definition) is 3. The normalized spacial score (nSPS) is 16.4. The number of ether oxygens (including phenoxy) is 2. The standard InChI is InChI=1S/C11H12F2O3/c12-11(13)15-9-5-4-8(3-1-2-6-14)7-10(9)16-11/h4-5,7,14H,1-3,6H2. The molecule has 0 saturated heterocycles. The summed E-state index contributed by atoms with van der Waals surface area (Å²) in [5.41, 5.74) is 0.897. The molecule has 1 N–H and O–H groups in total. The molecule has 1 aromatic carbocycles.